The summed E-state index contributed by atoms with van der Waals surface area (Å²) in [6, 6.07) is 6.69. The van der Waals surface area contributed by atoms with Crippen molar-refractivity contribution in [2.45, 2.75) is 46.1 Å². The first-order valence-corrected chi connectivity index (χ1v) is 6.26. The summed E-state index contributed by atoms with van der Waals surface area (Å²) < 4.78 is 0. The maximum Gasteiger partial charge on any atom is 0.219 e. The molecular weight excluding hydrogens is 210 g/mol. The molecule has 92 valence electrons. The van der Waals surface area contributed by atoms with Crippen molar-refractivity contribution in [1.82, 2.24) is 4.90 Å². The predicted molar refractivity (Wildman–Crippen MR) is 69.9 cm³/mol. The quantitative estimate of drug-likeness (QED) is 0.672. The van der Waals surface area contributed by atoms with Crippen LogP contribution in [0.25, 0.3) is 0 Å². The third kappa shape index (κ3) is 2.51. The van der Waals surface area contributed by atoms with Gasteiger partial charge in [0.05, 0.1) is 0 Å². The van der Waals surface area contributed by atoms with Gasteiger partial charge in [0.25, 0.3) is 0 Å². The van der Waals surface area contributed by atoms with Crippen LogP contribution < -0.4 is 0 Å². The van der Waals surface area contributed by atoms with Crippen LogP contribution in [0.5, 0.6) is 0 Å². The maximum atomic E-state index is 11.4. The minimum absolute atomic E-state index is 0.176. The number of carbonyl (C=O) groups is 1. The third-order valence-electron chi connectivity index (χ3n) is 3.53. The first-order valence-electron chi connectivity index (χ1n) is 6.26. The fourth-order valence-corrected chi connectivity index (χ4v) is 2.29. The highest BCUT2D eigenvalue weighted by Crippen LogP contribution is 2.27. The summed E-state index contributed by atoms with van der Waals surface area (Å²) in [5.41, 5.74) is 4.30. The van der Waals surface area contributed by atoms with Gasteiger partial charge in [-0.05, 0) is 28.5 Å². The van der Waals surface area contributed by atoms with Crippen molar-refractivity contribution in [2.24, 2.45) is 0 Å². The van der Waals surface area contributed by atoms with Crippen LogP contribution in [0, 0.1) is 0 Å². The molecule has 0 spiro atoms. The molecule has 0 aliphatic carbocycles. The van der Waals surface area contributed by atoms with Gasteiger partial charge in [-0.1, -0.05) is 39.0 Å². The van der Waals surface area contributed by atoms with E-state index < -0.39 is 0 Å². The van der Waals surface area contributed by atoms with Gasteiger partial charge in [0.1, 0.15) is 0 Å². The van der Waals surface area contributed by atoms with Crippen molar-refractivity contribution >= 4 is 5.91 Å². The van der Waals surface area contributed by atoms with E-state index in [2.05, 4.69) is 39.0 Å². The van der Waals surface area contributed by atoms with Gasteiger partial charge < -0.3 is 4.90 Å². The summed E-state index contributed by atoms with van der Waals surface area (Å²) in [7, 11) is 0. The summed E-state index contributed by atoms with van der Waals surface area (Å²) in [6.07, 6.45) is 0.985. The van der Waals surface area contributed by atoms with Crippen molar-refractivity contribution in [2.75, 3.05) is 6.54 Å². The monoisotopic (exact) mass is 231 g/mol. The smallest absolute Gasteiger partial charge is 0.219 e. The fraction of sp³-hybridized carbons (Fsp3) is 0.533. The molecule has 0 atom stereocenters. The van der Waals surface area contributed by atoms with Gasteiger partial charge in [-0.3, -0.25) is 4.79 Å². The minimum atomic E-state index is 0.176. The van der Waals surface area contributed by atoms with Crippen molar-refractivity contribution in [3.63, 3.8) is 0 Å². The van der Waals surface area contributed by atoms with Crippen LogP contribution in [0.2, 0.25) is 0 Å². The van der Waals surface area contributed by atoms with Crippen molar-refractivity contribution in [1.29, 1.82) is 0 Å². The summed E-state index contributed by atoms with van der Waals surface area (Å²) >= 11 is 0. The highest BCUT2D eigenvalue weighted by molar-refractivity contribution is 5.73. The Kier molecular flexibility index (Phi) is 2.98. The number of rotatable bonds is 0. The Morgan fingerprint density at radius 2 is 1.94 bits per heavy atom. The molecule has 0 saturated carbocycles. The number of amides is 1. The van der Waals surface area contributed by atoms with E-state index in [4.69, 9.17) is 0 Å². The first kappa shape index (κ1) is 12.2. The number of nitrogens with zero attached hydrogens (tertiary/aromatic N) is 1. The molecule has 1 heterocycles. The lowest BCUT2D eigenvalue weighted by atomic mass is 9.84. The van der Waals surface area contributed by atoms with Crippen LogP contribution in [-0.4, -0.2) is 17.4 Å². The summed E-state index contributed by atoms with van der Waals surface area (Å²) in [6.45, 7) is 9.98. The van der Waals surface area contributed by atoms with Crippen LogP contribution in [0.1, 0.15) is 44.4 Å². The molecule has 2 rings (SSSR count). The summed E-state index contributed by atoms with van der Waals surface area (Å²) in [5.74, 6) is 0.176. The van der Waals surface area contributed by atoms with Crippen molar-refractivity contribution < 1.29 is 4.79 Å². The molecule has 0 N–H and O–H groups in total. The lowest BCUT2D eigenvalue weighted by molar-refractivity contribution is -0.129. The topological polar surface area (TPSA) is 20.3 Å². The van der Waals surface area contributed by atoms with Gasteiger partial charge in [-0.2, -0.15) is 0 Å². The highest BCUT2D eigenvalue weighted by atomic mass is 16.2. The van der Waals surface area contributed by atoms with E-state index in [1.165, 1.54) is 16.7 Å². The van der Waals surface area contributed by atoms with E-state index in [0.717, 1.165) is 19.5 Å². The average molecular weight is 231 g/mol. The molecule has 2 heteroatoms. The average Bonchev–Trinajstić information content (AvgIpc) is 2.26. The molecule has 1 aromatic rings. The van der Waals surface area contributed by atoms with Crippen LogP contribution in [0.15, 0.2) is 18.2 Å². The van der Waals surface area contributed by atoms with Crippen LogP contribution in [0.4, 0.5) is 0 Å². The van der Waals surface area contributed by atoms with Crippen LogP contribution in [-0.2, 0) is 23.2 Å². The van der Waals surface area contributed by atoms with Gasteiger partial charge in [-0.25, -0.2) is 0 Å². The Morgan fingerprint density at radius 1 is 1.24 bits per heavy atom. The van der Waals surface area contributed by atoms with Gasteiger partial charge in [-0.15, -0.1) is 0 Å². The molecule has 0 unspecified atom stereocenters. The molecule has 1 amide bonds. The Hall–Kier alpha value is -1.31. The number of hydrogen-bond acceptors (Lipinski definition) is 1. The normalized spacial score (nSPS) is 15.6. The Labute approximate surface area is 104 Å². The zero-order valence-electron chi connectivity index (χ0n) is 11.2. The lowest BCUT2D eigenvalue weighted by Crippen LogP contribution is -2.34. The molecule has 1 aliphatic heterocycles. The summed E-state index contributed by atoms with van der Waals surface area (Å²) in [5, 5.41) is 0. The second-order valence-electron chi connectivity index (χ2n) is 5.92. The number of fused-ring (bicyclic) bond motifs is 1. The number of carbonyl (C=O) groups excluding carboxylic acids is 1. The van der Waals surface area contributed by atoms with Crippen LogP contribution >= 0.6 is 0 Å². The molecular formula is C15H21NO. The molecule has 17 heavy (non-hydrogen) atoms. The first-order chi connectivity index (χ1) is 7.88. The van der Waals surface area contributed by atoms with E-state index in [9.17, 15) is 4.79 Å². The maximum absolute atomic E-state index is 11.4. The highest BCUT2D eigenvalue weighted by Gasteiger charge is 2.20. The van der Waals surface area contributed by atoms with Crippen molar-refractivity contribution in [3.05, 3.63) is 34.9 Å². The molecule has 0 aromatic heterocycles. The van der Waals surface area contributed by atoms with Crippen molar-refractivity contribution in [3.8, 4) is 0 Å². The fourth-order valence-electron chi connectivity index (χ4n) is 2.29. The Morgan fingerprint density at radius 3 is 2.53 bits per heavy atom. The third-order valence-corrected chi connectivity index (χ3v) is 3.53. The Bertz CT molecular complexity index is 443. The summed E-state index contributed by atoms with van der Waals surface area (Å²) in [4.78, 5) is 13.3. The molecule has 2 nitrogen and oxygen atoms in total. The van der Waals surface area contributed by atoms with E-state index in [0.29, 0.717) is 0 Å². The van der Waals surface area contributed by atoms with E-state index in [1.54, 1.807) is 6.92 Å². The van der Waals surface area contributed by atoms with Gasteiger partial charge >= 0.3 is 0 Å². The van der Waals surface area contributed by atoms with E-state index in [-0.39, 0.29) is 11.3 Å². The second-order valence-corrected chi connectivity index (χ2v) is 5.92. The van der Waals surface area contributed by atoms with E-state index in [1.807, 2.05) is 4.90 Å². The second kappa shape index (κ2) is 4.17. The Balaban J connectivity index is 2.29. The predicted octanol–water partition coefficient (Wildman–Crippen LogP) is 2.89. The molecule has 1 aliphatic rings. The lowest BCUT2D eigenvalue weighted by Gasteiger charge is -2.29. The molecule has 1 aromatic carbocycles. The van der Waals surface area contributed by atoms with Gasteiger partial charge in [0, 0.05) is 20.0 Å². The minimum Gasteiger partial charge on any atom is -0.338 e. The number of benzene rings is 1. The molecule has 0 saturated heterocycles. The largest absolute Gasteiger partial charge is 0.338 e. The number of hydrogen-bond donors (Lipinski definition) is 0. The van der Waals surface area contributed by atoms with Gasteiger partial charge in [0.15, 0.2) is 0 Å². The van der Waals surface area contributed by atoms with Crippen LogP contribution in [0.3, 0.4) is 0 Å². The molecule has 0 bridgehead atoms. The van der Waals surface area contributed by atoms with Gasteiger partial charge in [0.2, 0.25) is 5.91 Å². The van der Waals surface area contributed by atoms with E-state index >= 15 is 0 Å². The SMILES string of the molecule is CC(=O)N1CCc2cc(C(C)(C)C)ccc2C1. The standard InChI is InChI=1S/C15H21NO/c1-11(17)16-8-7-12-9-14(15(2,3)4)6-5-13(12)10-16/h5-6,9H,7-8,10H2,1-4H3. The molecule has 0 radical (unpaired) electrons. The molecule has 0 fully saturated rings. The zero-order valence-corrected chi connectivity index (χ0v) is 11.2. The zero-order chi connectivity index (χ0) is 12.6.